The number of imidazole rings is 1. The van der Waals surface area contributed by atoms with Gasteiger partial charge in [-0.3, -0.25) is 9.36 Å². The number of pyridine rings is 2. The van der Waals surface area contributed by atoms with Crippen molar-refractivity contribution in [1.29, 1.82) is 0 Å². The van der Waals surface area contributed by atoms with Gasteiger partial charge in [-0.15, -0.1) is 0 Å². The number of carbonyl (C=O) groups is 2. The molecule has 12 heteroatoms. The van der Waals surface area contributed by atoms with Gasteiger partial charge in [0.15, 0.2) is 17.6 Å². The van der Waals surface area contributed by atoms with Crippen LogP contribution < -0.4 is 16.0 Å². The van der Waals surface area contributed by atoms with Crippen LogP contribution in [0.25, 0.3) is 39.5 Å². The number of benzene rings is 2. The van der Waals surface area contributed by atoms with E-state index in [-0.39, 0.29) is 5.91 Å². The number of anilines is 2. The average Bonchev–Trinajstić information content (AvgIpc) is 3.47. The molecule has 1 aliphatic heterocycles. The van der Waals surface area contributed by atoms with E-state index in [1.54, 1.807) is 25.2 Å². The maximum atomic E-state index is 12.8. The molecule has 2 aromatic carbocycles. The number of nitrogens with zero attached hydrogens (tertiary/aromatic N) is 6. The van der Waals surface area contributed by atoms with Crippen molar-refractivity contribution in [3.05, 3.63) is 84.6 Å². The molecule has 5 aromatic rings. The quantitative estimate of drug-likeness (QED) is 0.213. The minimum atomic E-state index is -0.586. The molecule has 12 nitrogen and oxygen atoms in total. The summed E-state index contributed by atoms with van der Waals surface area (Å²) in [5.41, 5.74) is 11.9. The van der Waals surface area contributed by atoms with Gasteiger partial charge in [0.1, 0.15) is 16.9 Å². The van der Waals surface area contributed by atoms with Gasteiger partial charge in [-0.05, 0) is 94.1 Å². The lowest BCUT2D eigenvalue weighted by atomic mass is 9.72. The number of hydrogen-bond acceptors (Lipinski definition) is 9. The molecular weight excluding hydrogens is 644 g/mol. The Hall–Kier alpha value is -5.49. The number of rotatable bonds is 7. The second kappa shape index (κ2) is 13.3. The fraction of sp³-hybridized carbons (Fsp3) is 0.359. The number of likely N-dealkylation sites (N-methyl/N-ethyl adjacent to an activating group) is 1. The molecule has 1 saturated heterocycles. The van der Waals surface area contributed by atoms with E-state index in [9.17, 15) is 9.59 Å². The summed E-state index contributed by atoms with van der Waals surface area (Å²) in [6.07, 6.45) is 3.40. The van der Waals surface area contributed by atoms with Crippen LogP contribution in [0.3, 0.4) is 0 Å². The summed E-state index contributed by atoms with van der Waals surface area (Å²) in [4.78, 5) is 43.7. The van der Waals surface area contributed by atoms with Gasteiger partial charge in [-0.25, -0.2) is 19.7 Å². The van der Waals surface area contributed by atoms with Crippen molar-refractivity contribution in [3.63, 3.8) is 0 Å². The Balaban J connectivity index is 1.26. The highest BCUT2D eigenvalue weighted by Crippen LogP contribution is 2.42. The van der Waals surface area contributed by atoms with E-state index in [2.05, 4.69) is 33.4 Å². The first-order valence-electron chi connectivity index (χ1n) is 17.3. The van der Waals surface area contributed by atoms with Crippen molar-refractivity contribution in [2.24, 2.45) is 0 Å². The van der Waals surface area contributed by atoms with E-state index in [0.717, 1.165) is 47.5 Å². The molecule has 1 aliphatic carbocycles. The van der Waals surface area contributed by atoms with E-state index in [4.69, 9.17) is 25.2 Å². The maximum Gasteiger partial charge on any atom is 0.408 e. The predicted octanol–water partition coefficient (Wildman–Crippen LogP) is 5.93. The molecule has 0 radical (unpaired) electrons. The first kappa shape index (κ1) is 34.0. The highest BCUT2D eigenvalue weighted by atomic mass is 16.6. The van der Waals surface area contributed by atoms with Crippen LogP contribution in [0.5, 0.6) is 0 Å². The summed E-state index contributed by atoms with van der Waals surface area (Å²) >= 11 is 0. The molecule has 0 bridgehead atoms. The Labute approximate surface area is 297 Å². The molecule has 1 unspecified atom stereocenters. The van der Waals surface area contributed by atoms with Crippen molar-refractivity contribution in [3.8, 4) is 28.3 Å². The Morgan fingerprint density at radius 1 is 1.00 bits per heavy atom. The Morgan fingerprint density at radius 2 is 1.78 bits per heavy atom. The fourth-order valence-corrected chi connectivity index (χ4v) is 6.78. The standard InChI is InChI=1S/C39H44N8O4/c1-38(2,3)51-37(49)44-39(18-8-19-39)26-12-14-27(15-13-26)47-34(29-11-7-20-41-33(29)40)43-31-17-16-30(42-35(31)47)25-9-6-10-28(23-25)46-21-22-50-32(24-46)36(48)45(4)5/h6-7,9-17,20,23,32H,8,18-19,21-22,24H2,1-5H3,(H2,40,41)(H,44,49). The van der Waals surface area contributed by atoms with Gasteiger partial charge in [0.2, 0.25) is 0 Å². The second-order valence-electron chi connectivity index (χ2n) is 14.4. The molecule has 3 aromatic heterocycles. The number of nitrogen functional groups attached to an aromatic ring is 1. The number of amides is 2. The lowest BCUT2D eigenvalue weighted by Crippen LogP contribution is -2.52. The second-order valence-corrected chi connectivity index (χ2v) is 14.4. The zero-order valence-corrected chi connectivity index (χ0v) is 29.7. The van der Waals surface area contributed by atoms with Crippen molar-refractivity contribution in [2.75, 3.05) is 44.4 Å². The number of alkyl carbamates (subject to hydrolysis) is 1. The van der Waals surface area contributed by atoms with Gasteiger partial charge in [0, 0.05) is 43.8 Å². The number of carbonyl (C=O) groups excluding carboxylic acids is 2. The molecule has 7 rings (SSSR count). The first-order valence-corrected chi connectivity index (χ1v) is 17.3. The van der Waals surface area contributed by atoms with E-state index >= 15 is 0 Å². The molecule has 1 saturated carbocycles. The van der Waals surface area contributed by atoms with Gasteiger partial charge >= 0.3 is 6.09 Å². The normalized spacial score (nSPS) is 17.1. The third kappa shape index (κ3) is 6.83. The molecule has 264 valence electrons. The average molecular weight is 689 g/mol. The highest BCUT2D eigenvalue weighted by molar-refractivity contribution is 5.85. The third-order valence-electron chi connectivity index (χ3n) is 9.50. The summed E-state index contributed by atoms with van der Waals surface area (Å²) in [6.45, 7) is 7.21. The van der Waals surface area contributed by atoms with Crippen LogP contribution in [0.4, 0.5) is 16.3 Å². The first-order chi connectivity index (χ1) is 24.4. The lowest BCUT2D eigenvalue weighted by molar-refractivity contribution is -0.141. The van der Waals surface area contributed by atoms with Gasteiger partial charge in [0.25, 0.3) is 5.91 Å². The van der Waals surface area contributed by atoms with Crippen LogP contribution in [-0.4, -0.2) is 81.9 Å². The molecule has 1 atom stereocenters. The van der Waals surface area contributed by atoms with Gasteiger partial charge in [-0.1, -0.05) is 24.3 Å². The van der Waals surface area contributed by atoms with E-state index in [1.165, 1.54) is 0 Å². The molecule has 3 N–H and O–H groups in total. The third-order valence-corrected chi connectivity index (χ3v) is 9.50. The van der Waals surface area contributed by atoms with Crippen LogP contribution in [0.2, 0.25) is 0 Å². The van der Waals surface area contributed by atoms with Gasteiger partial charge in [-0.2, -0.15) is 0 Å². The van der Waals surface area contributed by atoms with Crippen LogP contribution in [0.15, 0.2) is 79.0 Å². The van der Waals surface area contributed by atoms with Crippen molar-refractivity contribution in [2.45, 2.75) is 57.3 Å². The molecule has 2 fully saturated rings. The number of ether oxygens (including phenoxy) is 2. The zero-order valence-electron chi connectivity index (χ0n) is 29.7. The minimum absolute atomic E-state index is 0.0449. The SMILES string of the molecule is CN(C)C(=O)C1CN(c2cccc(-c3ccc4nc(-c5cccnc5N)n(-c5ccc(C6(NC(=O)OC(C)(C)C)CCC6)cc5)c4n3)c2)CCO1. The number of morpholine rings is 1. The molecule has 4 heterocycles. The van der Waals surface area contributed by atoms with Crippen LogP contribution >= 0.6 is 0 Å². The molecule has 0 spiro atoms. The van der Waals surface area contributed by atoms with Crippen molar-refractivity contribution < 1.29 is 19.1 Å². The Bertz CT molecular complexity index is 2080. The van der Waals surface area contributed by atoms with Gasteiger partial charge < -0.3 is 30.3 Å². The van der Waals surface area contributed by atoms with Crippen molar-refractivity contribution >= 4 is 34.7 Å². The largest absolute Gasteiger partial charge is 0.444 e. The molecular formula is C39H44N8O4. The molecule has 51 heavy (non-hydrogen) atoms. The minimum Gasteiger partial charge on any atom is -0.444 e. The summed E-state index contributed by atoms with van der Waals surface area (Å²) < 4.78 is 13.4. The van der Waals surface area contributed by atoms with Crippen LogP contribution in [-0.2, 0) is 19.8 Å². The lowest BCUT2D eigenvalue weighted by Gasteiger charge is -2.43. The Kier molecular flexibility index (Phi) is 8.88. The molecule has 2 amide bonds. The topological polar surface area (TPSA) is 141 Å². The van der Waals surface area contributed by atoms with E-state index in [1.807, 2.05) is 79.9 Å². The smallest absolute Gasteiger partial charge is 0.408 e. The van der Waals surface area contributed by atoms with E-state index < -0.39 is 23.3 Å². The number of hydrogen-bond donors (Lipinski definition) is 2. The number of nitrogens with two attached hydrogens (primary N) is 1. The zero-order chi connectivity index (χ0) is 35.9. The van der Waals surface area contributed by atoms with Crippen LogP contribution in [0.1, 0.15) is 45.6 Å². The summed E-state index contributed by atoms with van der Waals surface area (Å²) in [7, 11) is 3.49. The Morgan fingerprint density at radius 3 is 2.47 bits per heavy atom. The number of fused-ring (bicyclic) bond motifs is 1. The van der Waals surface area contributed by atoms with E-state index in [0.29, 0.717) is 48.1 Å². The van der Waals surface area contributed by atoms with Crippen LogP contribution in [0, 0.1) is 0 Å². The number of aromatic nitrogens is 4. The fourth-order valence-electron chi connectivity index (χ4n) is 6.78. The monoisotopic (exact) mass is 688 g/mol. The van der Waals surface area contributed by atoms with Crippen molar-refractivity contribution in [1.82, 2.24) is 29.7 Å². The highest BCUT2D eigenvalue weighted by Gasteiger charge is 2.41. The predicted molar refractivity (Wildman–Crippen MR) is 197 cm³/mol. The summed E-state index contributed by atoms with van der Waals surface area (Å²) in [6, 6.07) is 24.0. The molecule has 2 aliphatic rings. The van der Waals surface area contributed by atoms with Gasteiger partial charge in [0.05, 0.1) is 29.9 Å². The summed E-state index contributed by atoms with van der Waals surface area (Å²) in [5, 5.41) is 3.15. The number of nitrogens with one attached hydrogen (secondary N) is 1. The maximum absolute atomic E-state index is 12.8. The summed E-state index contributed by atoms with van der Waals surface area (Å²) in [5.74, 6) is 0.943.